The zero-order valence-corrected chi connectivity index (χ0v) is 12.7. The van der Waals surface area contributed by atoms with Gasteiger partial charge in [-0.15, -0.1) is 12.4 Å². The number of nitrogens with two attached hydrogens (primary N) is 1. The molecular formula is C12H23ClN2O2S. The van der Waals surface area contributed by atoms with Crippen molar-refractivity contribution in [3.05, 3.63) is 0 Å². The van der Waals surface area contributed by atoms with Crippen molar-refractivity contribution in [1.29, 1.82) is 0 Å². The maximum atomic E-state index is 12.3. The molecule has 0 unspecified atom stereocenters. The Morgan fingerprint density at radius 1 is 1.50 bits per heavy atom. The van der Waals surface area contributed by atoms with Gasteiger partial charge < -0.3 is 15.4 Å². The van der Waals surface area contributed by atoms with Gasteiger partial charge in [-0.1, -0.05) is 0 Å². The number of thioether (sulfide) groups is 1. The van der Waals surface area contributed by atoms with E-state index in [1.807, 2.05) is 16.7 Å². The monoisotopic (exact) mass is 294 g/mol. The molecule has 0 saturated carbocycles. The molecule has 2 saturated heterocycles. The summed E-state index contributed by atoms with van der Waals surface area (Å²) >= 11 is 1.93. The Kier molecular flexibility index (Phi) is 5.77. The minimum absolute atomic E-state index is 0. The summed E-state index contributed by atoms with van der Waals surface area (Å²) in [7, 11) is 0. The first kappa shape index (κ1) is 16.1. The number of carbonyl (C=O) groups excluding carboxylic acids is 1. The predicted molar refractivity (Wildman–Crippen MR) is 77.3 cm³/mol. The van der Waals surface area contributed by atoms with E-state index in [1.54, 1.807) is 0 Å². The molecular weight excluding hydrogens is 272 g/mol. The Labute approximate surface area is 119 Å². The van der Waals surface area contributed by atoms with Crippen LogP contribution in [0.3, 0.4) is 0 Å². The zero-order valence-electron chi connectivity index (χ0n) is 11.1. The summed E-state index contributed by atoms with van der Waals surface area (Å²) in [5.41, 5.74) is 5.56. The molecule has 2 aliphatic rings. The molecule has 0 spiro atoms. The van der Waals surface area contributed by atoms with Crippen molar-refractivity contribution in [2.24, 2.45) is 5.73 Å². The molecule has 0 aliphatic carbocycles. The van der Waals surface area contributed by atoms with Crippen molar-refractivity contribution in [2.75, 3.05) is 25.4 Å². The largest absolute Gasteiger partial charge is 0.364 e. The van der Waals surface area contributed by atoms with E-state index in [-0.39, 0.29) is 35.3 Å². The van der Waals surface area contributed by atoms with Gasteiger partial charge in [0.25, 0.3) is 5.91 Å². The SMILES string of the molecule is CC1(C)CN(C(=O)[C@@H]2CC[C@H](CN)O2)CCS1.Cl. The van der Waals surface area contributed by atoms with Crippen molar-refractivity contribution in [1.82, 2.24) is 4.90 Å². The second-order valence-electron chi connectivity index (χ2n) is 5.43. The third-order valence-electron chi connectivity index (χ3n) is 3.38. The summed E-state index contributed by atoms with van der Waals surface area (Å²) in [6, 6.07) is 0. The standard InChI is InChI=1S/C12H22N2O2S.ClH/c1-12(2)8-14(5-6-17-12)11(15)10-4-3-9(7-13)16-10;/h9-10H,3-8,13H2,1-2H3;1H/t9-,10+;/m1./s1. The number of rotatable bonds is 2. The molecule has 2 fully saturated rings. The second-order valence-corrected chi connectivity index (χ2v) is 7.23. The van der Waals surface area contributed by atoms with Gasteiger partial charge in [0.15, 0.2) is 0 Å². The van der Waals surface area contributed by atoms with Gasteiger partial charge in [0.1, 0.15) is 6.10 Å². The Bertz CT molecular complexity index is 302. The van der Waals surface area contributed by atoms with Gasteiger partial charge in [-0.3, -0.25) is 4.79 Å². The van der Waals surface area contributed by atoms with Crippen LogP contribution in [0.1, 0.15) is 26.7 Å². The van der Waals surface area contributed by atoms with Crippen molar-refractivity contribution in [2.45, 2.75) is 43.6 Å². The van der Waals surface area contributed by atoms with Gasteiger partial charge in [-0.2, -0.15) is 11.8 Å². The lowest BCUT2D eigenvalue weighted by Gasteiger charge is -2.38. The van der Waals surface area contributed by atoms with Gasteiger partial charge >= 0.3 is 0 Å². The zero-order chi connectivity index (χ0) is 12.5. The molecule has 2 atom stereocenters. The third-order valence-corrected chi connectivity index (χ3v) is 4.68. The van der Waals surface area contributed by atoms with Crippen molar-refractivity contribution in [3.63, 3.8) is 0 Å². The molecule has 0 bridgehead atoms. The first-order valence-electron chi connectivity index (χ1n) is 6.30. The smallest absolute Gasteiger partial charge is 0.251 e. The fourth-order valence-corrected chi connectivity index (χ4v) is 3.58. The van der Waals surface area contributed by atoms with E-state index < -0.39 is 0 Å². The van der Waals surface area contributed by atoms with Crippen LogP contribution in [0.4, 0.5) is 0 Å². The minimum atomic E-state index is -0.248. The highest BCUT2D eigenvalue weighted by Crippen LogP contribution is 2.31. The molecule has 0 radical (unpaired) electrons. The molecule has 2 N–H and O–H groups in total. The Balaban J connectivity index is 0.00000162. The quantitative estimate of drug-likeness (QED) is 0.833. The summed E-state index contributed by atoms with van der Waals surface area (Å²) in [6.45, 7) is 6.57. The summed E-state index contributed by atoms with van der Waals surface area (Å²) in [4.78, 5) is 14.3. The molecule has 106 valence electrons. The average Bonchev–Trinajstić information content (AvgIpc) is 2.75. The van der Waals surface area contributed by atoms with Crippen LogP contribution in [0.15, 0.2) is 0 Å². The van der Waals surface area contributed by atoms with Crippen LogP contribution in [0, 0.1) is 0 Å². The van der Waals surface area contributed by atoms with Crippen LogP contribution >= 0.6 is 24.2 Å². The molecule has 2 aliphatic heterocycles. The number of halogens is 1. The molecule has 1 amide bonds. The van der Waals surface area contributed by atoms with Crippen molar-refractivity contribution in [3.8, 4) is 0 Å². The molecule has 0 aromatic carbocycles. The predicted octanol–water partition coefficient (Wildman–Crippen LogP) is 1.27. The normalized spacial score (nSPS) is 30.9. The van der Waals surface area contributed by atoms with Crippen LogP contribution < -0.4 is 5.73 Å². The number of hydrogen-bond acceptors (Lipinski definition) is 4. The number of nitrogens with zero attached hydrogens (tertiary/aromatic N) is 1. The van der Waals surface area contributed by atoms with E-state index >= 15 is 0 Å². The van der Waals surface area contributed by atoms with E-state index in [1.165, 1.54) is 0 Å². The highest BCUT2D eigenvalue weighted by atomic mass is 35.5. The Hall–Kier alpha value is 0.0300. The fraction of sp³-hybridized carbons (Fsp3) is 0.917. The van der Waals surface area contributed by atoms with Crippen LogP contribution in [-0.2, 0) is 9.53 Å². The Morgan fingerprint density at radius 2 is 2.22 bits per heavy atom. The van der Waals surface area contributed by atoms with Gasteiger partial charge in [0.05, 0.1) is 6.10 Å². The molecule has 0 aromatic rings. The molecule has 6 heteroatoms. The third kappa shape index (κ3) is 3.76. The first-order valence-corrected chi connectivity index (χ1v) is 7.29. The maximum absolute atomic E-state index is 12.3. The number of amides is 1. The van der Waals surface area contributed by atoms with Gasteiger partial charge in [-0.25, -0.2) is 0 Å². The topological polar surface area (TPSA) is 55.6 Å². The average molecular weight is 295 g/mol. The number of carbonyl (C=O) groups is 1. The van der Waals surface area contributed by atoms with E-state index in [4.69, 9.17) is 10.5 Å². The molecule has 18 heavy (non-hydrogen) atoms. The van der Waals surface area contributed by atoms with E-state index in [0.717, 1.165) is 31.7 Å². The van der Waals surface area contributed by atoms with E-state index in [2.05, 4.69) is 13.8 Å². The number of hydrogen-bond donors (Lipinski definition) is 1. The maximum Gasteiger partial charge on any atom is 0.251 e. The lowest BCUT2D eigenvalue weighted by Crippen LogP contribution is -2.49. The Morgan fingerprint density at radius 3 is 2.78 bits per heavy atom. The summed E-state index contributed by atoms with van der Waals surface area (Å²) in [5.74, 6) is 1.18. The highest BCUT2D eigenvalue weighted by molar-refractivity contribution is 8.00. The van der Waals surface area contributed by atoms with Gasteiger partial charge in [0, 0.05) is 30.1 Å². The first-order chi connectivity index (χ1) is 8.02. The van der Waals surface area contributed by atoms with Gasteiger partial charge in [0.2, 0.25) is 0 Å². The lowest BCUT2D eigenvalue weighted by molar-refractivity contribution is -0.143. The highest BCUT2D eigenvalue weighted by Gasteiger charge is 2.36. The number of ether oxygens (including phenoxy) is 1. The van der Waals surface area contributed by atoms with Crippen LogP contribution in [0.2, 0.25) is 0 Å². The van der Waals surface area contributed by atoms with Gasteiger partial charge in [-0.05, 0) is 26.7 Å². The second kappa shape index (κ2) is 6.46. The molecule has 0 aromatic heterocycles. The van der Waals surface area contributed by atoms with E-state index in [0.29, 0.717) is 6.54 Å². The van der Waals surface area contributed by atoms with Crippen molar-refractivity contribution < 1.29 is 9.53 Å². The molecule has 2 heterocycles. The summed E-state index contributed by atoms with van der Waals surface area (Å²) < 4.78 is 5.84. The van der Waals surface area contributed by atoms with Crippen molar-refractivity contribution >= 4 is 30.1 Å². The van der Waals surface area contributed by atoms with Crippen LogP contribution in [-0.4, -0.2) is 53.1 Å². The lowest BCUT2D eigenvalue weighted by atomic mass is 10.1. The molecule has 2 rings (SSSR count). The van der Waals surface area contributed by atoms with Crippen LogP contribution in [0.25, 0.3) is 0 Å². The minimum Gasteiger partial charge on any atom is -0.364 e. The fourth-order valence-electron chi connectivity index (χ4n) is 2.47. The summed E-state index contributed by atoms with van der Waals surface area (Å²) in [5, 5.41) is 0. The van der Waals surface area contributed by atoms with Crippen LogP contribution in [0.5, 0.6) is 0 Å². The molecule has 4 nitrogen and oxygen atoms in total. The van der Waals surface area contributed by atoms with E-state index in [9.17, 15) is 4.79 Å². The summed E-state index contributed by atoms with van der Waals surface area (Å²) in [6.07, 6.45) is 1.57.